The van der Waals surface area contributed by atoms with Crippen molar-refractivity contribution in [2.75, 3.05) is 5.73 Å². The van der Waals surface area contributed by atoms with Gasteiger partial charge in [-0.25, -0.2) is 4.98 Å². The fourth-order valence-electron chi connectivity index (χ4n) is 3.09. The van der Waals surface area contributed by atoms with Crippen LogP contribution in [0.1, 0.15) is 37.4 Å². The summed E-state index contributed by atoms with van der Waals surface area (Å²) in [5, 5.41) is 4.61. The van der Waals surface area contributed by atoms with E-state index in [-0.39, 0.29) is 0 Å². The molecule has 0 radical (unpaired) electrons. The van der Waals surface area contributed by atoms with E-state index in [1.54, 1.807) is 4.52 Å². The third-order valence-corrected chi connectivity index (χ3v) is 5.23. The highest BCUT2D eigenvalue weighted by Crippen LogP contribution is 2.34. The van der Waals surface area contributed by atoms with Gasteiger partial charge in [-0.05, 0) is 35.4 Å². The quantitative estimate of drug-likeness (QED) is 0.662. The second kappa shape index (κ2) is 5.49. The van der Waals surface area contributed by atoms with E-state index in [2.05, 4.69) is 32.7 Å². The molecule has 1 aromatic carbocycles. The number of nitrogens with zero attached hydrogens (tertiary/aromatic N) is 4. The van der Waals surface area contributed by atoms with E-state index in [4.69, 9.17) is 10.7 Å². The van der Waals surface area contributed by atoms with Gasteiger partial charge in [-0.1, -0.05) is 43.2 Å². The first kappa shape index (κ1) is 13.9. The maximum Gasteiger partial charge on any atom is 0.225 e. The smallest absolute Gasteiger partial charge is 0.225 e. The van der Waals surface area contributed by atoms with Crippen LogP contribution in [-0.4, -0.2) is 19.6 Å². The molecule has 0 saturated heterocycles. The number of fused-ring (bicyclic) bond motifs is 1. The number of aromatic nitrogens is 4. The van der Waals surface area contributed by atoms with Crippen molar-refractivity contribution in [1.82, 2.24) is 19.6 Å². The Hall–Kier alpha value is -1.70. The minimum absolute atomic E-state index is 0.423. The molecule has 0 bridgehead atoms. The zero-order chi connectivity index (χ0) is 15.1. The number of benzene rings is 1. The third-order valence-electron chi connectivity index (χ3n) is 4.24. The molecule has 1 saturated carbocycles. The SMILES string of the molecule is Nc1nc(C2CCCC2)nc2c(I)c(-c3ccccc3)nn12. The first-order valence-electron chi connectivity index (χ1n) is 7.51. The van der Waals surface area contributed by atoms with Gasteiger partial charge in [-0.15, -0.1) is 0 Å². The van der Waals surface area contributed by atoms with Gasteiger partial charge in [0, 0.05) is 11.5 Å². The lowest BCUT2D eigenvalue weighted by Crippen LogP contribution is -2.09. The molecule has 0 amide bonds. The first-order valence-corrected chi connectivity index (χ1v) is 8.59. The largest absolute Gasteiger partial charge is 0.368 e. The average molecular weight is 405 g/mol. The highest BCUT2D eigenvalue weighted by molar-refractivity contribution is 14.1. The summed E-state index contributed by atoms with van der Waals surface area (Å²) in [6.07, 6.45) is 4.83. The summed E-state index contributed by atoms with van der Waals surface area (Å²) >= 11 is 2.30. The number of hydrogen-bond acceptors (Lipinski definition) is 4. The van der Waals surface area contributed by atoms with Gasteiger partial charge in [0.25, 0.3) is 0 Å². The maximum absolute atomic E-state index is 6.13. The number of nitrogens with two attached hydrogens (primary N) is 1. The number of rotatable bonds is 2. The standard InChI is InChI=1S/C16H16IN5/c17-12-13(10-6-2-1-3-7-10)21-22-15(12)19-14(20-16(22)18)11-8-4-5-9-11/h1-3,6-7,11H,4-5,8-9H2,(H2,18,19,20). The predicted octanol–water partition coefficient (Wildman–Crippen LogP) is 3.64. The lowest BCUT2D eigenvalue weighted by molar-refractivity contribution is 0.662. The van der Waals surface area contributed by atoms with Gasteiger partial charge in [0.15, 0.2) is 5.65 Å². The minimum Gasteiger partial charge on any atom is -0.368 e. The van der Waals surface area contributed by atoms with Crippen LogP contribution in [0.2, 0.25) is 0 Å². The summed E-state index contributed by atoms with van der Waals surface area (Å²) in [5.74, 6) is 1.74. The Morgan fingerprint density at radius 1 is 1.09 bits per heavy atom. The van der Waals surface area contributed by atoms with Crippen molar-refractivity contribution in [2.45, 2.75) is 31.6 Å². The van der Waals surface area contributed by atoms with Crippen LogP contribution in [0.15, 0.2) is 30.3 Å². The van der Waals surface area contributed by atoms with Crippen LogP contribution in [0.25, 0.3) is 16.9 Å². The van der Waals surface area contributed by atoms with Crippen molar-refractivity contribution >= 4 is 34.2 Å². The molecule has 6 heteroatoms. The Bertz CT molecular complexity index is 821. The third kappa shape index (κ3) is 2.25. The van der Waals surface area contributed by atoms with E-state index in [9.17, 15) is 0 Å². The van der Waals surface area contributed by atoms with Gasteiger partial charge in [-0.3, -0.25) is 0 Å². The van der Waals surface area contributed by atoms with E-state index >= 15 is 0 Å². The highest BCUT2D eigenvalue weighted by atomic mass is 127. The summed E-state index contributed by atoms with van der Waals surface area (Å²) in [6.45, 7) is 0. The zero-order valence-corrected chi connectivity index (χ0v) is 14.2. The molecule has 0 spiro atoms. The van der Waals surface area contributed by atoms with E-state index in [1.165, 1.54) is 12.8 Å². The zero-order valence-electron chi connectivity index (χ0n) is 12.0. The highest BCUT2D eigenvalue weighted by Gasteiger charge is 2.23. The van der Waals surface area contributed by atoms with Crippen LogP contribution in [-0.2, 0) is 0 Å². The van der Waals surface area contributed by atoms with Crippen LogP contribution in [0, 0.1) is 3.57 Å². The molecule has 0 unspecified atom stereocenters. The molecule has 2 aromatic heterocycles. The van der Waals surface area contributed by atoms with Crippen LogP contribution >= 0.6 is 22.6 Å². The second-order valence-electron chi connectivity index (χ2n) is 5.69. The van der Waals surface area contributed by atoms with E-state index in [0.29, 0.717) is 11.9 Å². The molecule has 0 atom stereocenters. The van der Waals surface area contributed by atoms with E-state index < -0.39 is 0 Å². The molecule has 2 N–H and O–H groups in total. The number of nitrogen functional groups attached to an aromatic ring is 1. The van der Waals surface area contributed by atoms with Crippen molar-refractivity contribution < 1.29 is 0 Å². The van der Waals surface area contributed by atoms with Gasteiger partial charge < -0.3 is 5.73 Å². The van der Waals surface area contributed by atoms with Gasteiger partial charge in [0.2, 0.25) is 5.95 Å². The van der Waals surface area contributed by atoms with E-state index in [0.717, 1.165) is 39.1 Å². The second-order valence-corrected chi connectivity index (χ2v) is 6.76. The Morgan fingerprint density at radius 3 is 2.55 bits per heavy atom. The first-order chi connectivity index (χ1) is 10.7. The summed E-state index contributed by atoms with van der Waals surface area (Å²) in [5.41, 5.74) is 8.92. The molecule has 3 aromatic rings. The number of anilines is 1. The molecule has 22 heavy (non-hydrogen) atoms. The molecule has 4 rings (SSSR count). The van der Waals surface area contributed by atoms with Crippen molar-refractivity contribution in [3.05, 3.63) is 39.7 Å². The average Bonchev–Trinajstić information content (AvgIpc) is 3.17. The maximum atomic E-state index is 6.13. The lowest BCUT2D eigenvalue weighted by Gasteiger charge is -2.08. The summed E-state index contributed by atoms with van der Waals surface area (Å²) in [4.78, 5) is 9.26. The molecule has 1 aliphatic rings. The normalized spacial score (nSPS) is 15.7. The molecular formula is C16H16IN5. The Kier molecular flexibility index (Phi) is 3.48. The fraction of sp³-hybridized carbons (Fsp3) is 0.312. The molecule has 1 fully saturated rings. The fourth-order valence-corrected chi connectivity index (χ4v) is 3.86. The molecule has 5 nitrogen and oxygen atoms in total. The van der Waals surface area contributed by atoms with Gasteiger partial charge in [-0.2, -0.15) is 14.6 Å². The molecule has 2 heterocycles. The topological polar surface area (TPSA) is 69.1 Å². The Morgan fingerprint density at radius 2 is 1.82 bits per heavy atom. The van der Waals surface area contributed by atoms with Gasteiger partial charge >= 0.3 is 0 Å². The van der Waals surface area contributed by atoms with Crippen LogP contribution in [0.5, 0.6) is 0 Å². The number of hydrogen-bond donors (Lipinski definition) is 1. The van der Waals surface area contributed by atoms with E-state index in [1.807, 2.05) is 30.3 Å². The summed E-state index contributed by atoms with van der Waals surface area (Å²) in [6, 6.07) is 10.1. The van der Waals surface area contributed by atoms with Gasteiger partial charge in [0.1, 0.15) is 11.5 Å². The number of halogens is 1. The summed E-state index contributed by atoms with van der Waals surface area (Å²) < 4.78 is 2.68. The van der Waals surface area contributed by atoms with Crippen LogP contribution in [0.3, 0.4) is 0 Å². The predicted molar refractivity (Wildman–Crippen MR) is 94.6 cm³/mol. The minimum atomic E-state index is 0.423. The molecule has 1 aliphatic carbocycles. The molecule has 0 aliphatic heterocycles. The Balaban J connectivity index is 1.89. The van der Waals surface area contributed by atoms with Crippen molar-refractivity contribution in [3.8, 4) is 11.3 Å². The molecule has 112 valence electrons. The summed E-state index contributed by atoms with van der Waals surface area (Å²) in [7, 11) is 0. The van der Waals surface area contributed by atoms with Gasteiger partial charge in [0.05, 0.1) is 3.57 Å². The van der Waals surface area contributed by atoms with Crippen molar-refractivity contribution in [3.63, 3.8) is 0 Å². The van der Waals surface area contributed by atoms with Crippen LogP contribution in [0.4, 0.5) is 5.95 Å². The monoisotopic (exact) mass is 405 g/mol. The van der Waals surface area contributed by atoms with Crippen molar-refractivity contribution in [1.29, 1.82) is 0 Å². The lowest BCUT2D eigenvalue weighted by atomic mass is 10.1. The Labute approximate surface area is 142 Å². The van der Waals surface area contributed by atoms with Crippen molar-refractivity contribution in [2.24, 2.45) is 0 Å². The molecular weight excluding hydrogens is 389 g/mol. The van der Waals surface area contributed by atoms with Crippen LogP contribution < -0.4 is 5.73 Å².